The molecule has 4 heteroatoms. The number of carboxylic acid groups (broad SMARTS) is 1. The maximum Gasteiger partial charge on any atom is 0.404 e. The molecule has 0 spiro atoms. The van der Waals surface area contributed by atoms with Crippen LogP contribution in [0.3, 0.4) is 0 Å². The van der Waals surface area contributed by atoms with Crippen molar-refractivity contribution in [3.63, 3.8) is 0 Å². The van der Waals surface area contributed by atoms with E-state index in [1.165, 1.54) is 0 Å². The SMILES string of the molecule is Cl.O=C(O)NC1CC1. The van der Waals surface area contributed by atoms with Gasteiger partial charge in [0.25, 0.3) is 0 Å². The zero-order chi connectivity index (χ0) is 5.28. The minimum Gasteiger partial charge on any atom is -0.465 e. The van der Waals surface area contributed by atoms with Gasteiger partial charge in [-0.15, -0.1) is 12.4 Å². The average molecular weight is 138 g/mol. The molecule has 2 N–H and O–H groups in total. The van der Waals surface area contributed by atoms with Crippen LogP contribution in [-0.4, -0.2) is 17.2 Å². The second-order valence-corrected chi connectivity index (χ2v) is 1.72. The lowest BCUT2D eigenvalue weighted by Crippen LogP contribution is -2.22. The Kier molecular flexibility index (Phi) is 2.62. The van der Waals surface area contributed by atoms with Crippen LogP contribution >= 0.6 is 12.4 Å². The molecule has 0 bridgehead atoms. The molecule has 0 unspecified atom stereocenters. The van der Waals surface area contributed by atoms with Gasteiger partial charge in [-0.3, -0.25) is 0 Å². The summed E-state index contributed by atoms with van der Waals surface area (Å²) in [6, 6.07) is 0.275. The van der Waals surface area contributed by atoms with E-state index >= 15 is 0 Å². The van der Waals surface area contributed by atoms with Crippen LogP contribution < -0.4 is 5.32 Å². The van der Waals surface area contributed by atoms with Crippen molar-refractivity contribution >= 4 is 18.5 Å². The molecule has 1 aliphatic rings. The Hall–Kier alpha value is -0.440. The van der Waals surface area contributed by atoms with Crippen LogP contribution in [0.5, 0.6) is 0 Å². The first kappa shape index (κ1) is 7.56. The van der Waals surface area contributed by atoms with E-state index in [0.29, 0.717) is 0 Å². The number of halogens is 1. The lowest BCUT2D eigenvalue weighted by Gasteiger charge is -1.90. The second kappa shape index (κ2) is 2.77. The maximum atomic E-state index is 9.74. The molecule has 1 rings (SSSR count). The van der Waals surface area contributed by atoms with Crippen LogP contribution in [0.2, 0.25) is 0 Å². The summed E-state index contributed by atoms with van der Waals surface area (Å²) in [5.74, 6) is 0. The number of hydrogen-bond acceptors (Lipinski definition) is 1. The van der Waals surface area contributed by atoms with Gasteiger partial charge in [-0.1, -0.05) is 0 Å². The Morgan fingerprint density at radius 2 is 2.12 bits per heavy atom. The van der Waals surface area contributed by atoms with E-state index in [0.717, 1.165) is 12.8 Å². The van der Waals surface area contributed by atoms with E-state index in [4.69, 9.17) is 5.11 Å². The third-order valence-electron chi connectivity index (χ3n) is 0.905. The lowest BCUT2D eigenvalue weighted by atomic mass is 10.7. The highest BCUT2D eigenvalue weighted by molar-refractivity contribution is 5.85. The quantitative estimate of drug-likeness (QED) is 0.563. The fraction of sp³-hybridized carbons (Fsp3) is 0.750. The first-order valence-electron chi connectivity index (χ1n) is 2.28. The van der Waals surface area contributed by atoms with E-state index < -0.39 is 6.09 Å². The van der Waals surface area contributed by atoms with Gasteiger partial charge in [-0.25, -0.2) is 4.79 Å². The molecule has 0 aliphatic heterocycles. The highest BCUT2D eigenvalue weighted by atomic mass is 35.5. The van der Waals surface area contributed by atoms with Gasteiger partial charge in [-0.05, 0) is 12.8 Å². The molecular formula is C4H8ClNO2. The third kappa shape index (κ3) is 2.69. The summed E-state index contributed by atoms with van der Waals surface area (Å²) in [6.07, 6.45) is 1.14. The van der Waals surface area contributed by atoms with Crippen LogP contribution in [0.25, 0.3) is 0 Å². The molecular weight excluding hydrogens is 130 g/mol. The van der Waals surface area contributed by atoms with Gasteiger partial charge in [0.05, 0.1) is 0 Å². The van der Waals surface area contributed by atoms with Crippen molar-refractivity contribution in [3.05, 3.63) is 0 Å². The number of carbonyl (C=O) groups is 1. The number of rotatable bonds is 1. The van der Waals surface area contributed by atoms with E-state index in [9.17, 15) is 4.79 Å². The smallest absolute Gasteiger partial charge is 0.404 e. The van der Waals surface area contributed by atoms with Gasteiger partial charge >= 0.3 is 6.09 Å². The molecule has 48 valence electrons. The molecule has 1 fully saturated rings. The molecule has 0 aromatic heterocycles. The summed E-state index contributed by atoms with van der Waals surface area (Å²) in [7, 11) is 0. The van der Waals surface area contributed by atoms with Crippen LogP contribution in [0.4, 0.5) is 4.79 Å². The highest BCUT2D eigenvalue weighted by Gasteiger charge is 2.22. The van der Waals surface area contributed by atoms with E-state index in [-0.39, 0.29) is 18.4 Å². The van der Waals surface area contributed by atoms with Gasteiger partial charge < -0.3 is 10.4 Å². The summed E-state index contributed by atoms with van der Waals surface area (Å²) in [6.45, 7) is 0. The molecule has 0 aromatic rings. The largest absolute Gasteiger partial charge is 0.465 e. The van der Waals surface area contributed by atoms with Crippen molar-refractivity contribution in [3.8, 4) is 0 Å². The summed E-state index contributed by atoms with van der Waals surface area (Å²) < 4.78 is 0. The predicted molar refractivity (Wildman–Crippen MR) is 31.4 cm³/mol. The fourth-order valence-electron chi connectivity index (χ4n) is 0.402. The third-order valence-corrected chi connectivity index (χ3v) is 0.905. The molecule has 0 radical (unpaired) electrons. The van der Waals surface area contributed by atoms with E-state index in [2.05, 4.69) is 5.32 Å². The van der Waals surface area contributed by atoms with Crippen molar-refractivity contribution in [2.75, 3.05) is 0 Å². The van der Waals surface area contributed by atoms with Crippen molar-refractivity contribution in [2.45, 2.75) is 18.9 Å². The van der Waals surface area contributed by atoms with Crippen LogP contribution in [0, 0.1) is 0 Å². The van der Waals surface area contributed by atoms with Gasteiger partial charge in [0.1, 0.15) is 0 Å². The second-order valence-electron chi connectivity index (χ2n) is 1.72. The van der Waals surface area contributed by atoms with Gasteiger partial charge in [0, 0.05) is 6.04 Å². The molecule has 0 heterocycles. The Morgan fingerprint density at radius 1 is 1.62 bits per heavy atom. The number of amides is 1. The zero-order valence-electron chi connectivity index (χ0n) is 4.26. The predicted octanol–water partition coefficient (Wildman–Crippen LogP) is 0.838. The molecule has 1 aliphatic carbocycles. The van der Waals surface area contributed by atoms with Gasteiger partial charge in [0.2, 0.25) is 0 Å². The summed E-state index contributed by atoms with van der Waals surface area (Å²) in [4.78, 5) is 9.74. The molecule has 0 atom stereocenters. The summed E-state index contributed by atoms with van der Waals surface area (Å²) in [5.41, 5.74) is 0. The summed E-state index contributed by atoms with van der Waals surface area (Å²) in [5, 5.41) is 10.3. The molecule has 0 aromatic carbocycles. The number of hydrogen-bond donors (Lipinski definition) is 2. The van der Waals surface area contributed by atoms with Crippen molar-refractivity contribution in [1.82, 2.24) is 5.32 Å². The van der Waals surface area contributed by atoms with Crippen LogP contribution in [-0.2, 0) is 0 Å². The fourth-order valence-corrected chi connectivity index (χ4v) is 0.402. The highest BCUT2D eigenvalue weighted by Crippen LogP contribution is 2.17. The lowest BCUT2D eigenvalue weighted by molar-refractivity contribution is 0.194. The Labute approximate surface area is 53.5 Å². The number of nitrogens with one attached hydrogen (secondary N) is 1. The Morgan fingerprint density at radius 3 is 2.25 bits per heavy atom. The van der Waals surface area contributed by atoms with Crippen molar-refractivity contribution < 1.29 is 9.90 Å². The molecule has 0 saturated heterocycles. The van der Waals surface area contributed by atoms with Gasteiger partial charge in [-0.2, -0.15) is 0 Å². The summed E-state index contributed by atoms with van der Waals surface area (Å²) >= 11 is 0. The molecule has 3 nitrogen and oxygen atoms in total. The Balaban J connectivity index is 0.000000490. The van der Waals surface area contributed by atoms with Crippen molar-refractivity contribution in [2.24, 2.45) is 0 Å². The van der Waals surface area contributed by atoms with Crippen molar-refractivity contribution in [1.29, 1.82) is 0 Å². The Bertz CT molecular complexity index is 92.0. The van der Waals surface area contributed by atoms with E-state index in [1.54, 1.807) is 0 Å². The average Bonchev–Trinajstić information content (AvgIpc) is 2.17. The minimum absolute atomic E-state index is 0. The normalized spacial score (nSPS) is 16.5. The van der Waals surface area contributed by atoms with Gasteiger partial charge in [0.15, 0.2) is 0 Å². The molecule has 8 heavy (non-hydrogen) atoms. The monoisotopic (exact) mass is 137 g/mol. The minimum atomic E-state index is -0.900. The standard InChI is InChI=1S/C4H7NO2.ClH/c6-4(7)5-3-1-2-3;/h3,5H,1-2H2,(H,6,7);1H. The topological polar surface area (TPSA) is 49.3 Å². The van der Waals surface area contributed by atoms with Crippen LogP contribution in [0.15, 0.2) is 0 Å². The first-order valence-corrected chi connectivity index (χ1v) is 2.28. The van der Waals surface area contributed by atoms with Crippen LogP contribution in [0.1, 0.15) is 12.8 Å². The first-order chi connectivity index (χ1) is 3.29. The van der Waals surface area contributed by atoms with E-state index in [1.807, 2.05) is 0 Å². The zero-order valence-corrected chi connectivity index (χ0v) is 5.07. The molecule has 1 saturated carbocycles. The maximum absolute atomic E-state index is 9.74. The molecule has 1 amide bonds.